The van der Waals surface area contributed by atoms with E-state index in [1.54, 1.807) is 0 Å². The van der Waals surface area contributed by atoms with Crippen molar-refractivity contribution in [3.63, 3.8) is 0 Å². The van der Waals surface area contributed by atoms with Gasteiger partial charge in [0.15, 0.2) is 5.88 Å². The van der Waals surface area contributed by atoms with E-state index in [9.17, 15) is 13.9 Å². The Morgan fingerprint density at radius 3 is 2.56 bits per heavy atom. The first kappa shape index (κ1) is 22.0. The molecule has 0 amide bonds. The normalized spacial score (nSPS) is 16.1. The van der Waals surface area contributed by atoms with Crippen LogP contribution < -0.4 is 0 Å². The molecule has 152 valence electrons. The molecule has 1 aliphatic carbocycles. The Labute approximate surface area is 166 Å². The molecule has 0 radical (unpaired) electrons. The number of hydrogen-bond donors (Lipinski definition) is 1. The van der Waals surface area contributed by atoms with Gasteiger partial charge in [-0.3, -0.25) is 0 Å². The van der Waals surface area contributed by atoms with Gasteiger partial charge in [0.1, 0.15) is 17.6 Å². The number of nitrogens with zero attached hydrogens (tertiary/aromatic N) is 1. The zero-order chi connectivity index (χ0) is 20.2. The Kier molecular flexibility index (Phi) is 7.52. The van der Waals surface area contributed by atoms with Gasteiger partial charge in [0.2, 0.25) is 0 Å². The molecule has 1 N–H and O–H groups in total. The lowest BCUT2D eigenvalue weighted by atomic mass is 10.0. The van der Waals surface area contributed by atoms with Crippen LogP contribution in [-0.2, 0) is 11.2 Å². The van der Waals surface area contributed by atoms with Crippen LogP contribution in [0.25, 0.3) is 0 Å². The second-order valence-electron chi connectivity index (χ2n) is 8.23. The summed E-state index contributed by atoms with van der Waals surface area (Å²) in [5, 5.41) is 10.8. The van der Waals surface area contributed by atoms with Crippen LogP contribution in [0, 0.1) is 5.82 Å². The van der Waals surface area contributed by atoms with E-state index in [0.29, 0.717) is 23.6 Å². The molecule has 2 atom stereocenters. The van der Waals surface area contributed by atoms with E-state index in [-0.39, 0.29) is 24.4 Å². The molecule has 0 saturated heterocycles. The van der Waals surface area contributed by atoms with E-state index < -0.39 is 12.3 Å². The molecular weight excluding hydrogens is 372 g/mol. The third-order valence-corrected chi connectivity index (χ3v) is 4.40. The number of benzene rings is 1. The largest absolute Gasteiger partial charge is 0.473 e. The number of allylic oxidation sites excluding steroid dienone is 1. The molecule has 2 unspecified atom stereocenters. The number of ether oxygens (including phenoxy) is 1. The molecule has 1 aliphatic rings. The fraction of sp³-hybridized carbons (Fsp3) is 0.619. The predicted octanol–water partition coefficient (Wildman–Crippen LogP) is 5.25. The summed E-state index contributed by atoms with van der Waals surface area (Å²) in [6, 6.07) is 4.31. The fourth-order valence-electron chi connectivity index (χ4n) is 2.87. The van der Waals surface area contributed by atoms with Crippen molar-refractivity contribution in [2.24, 2.45) is 0 Å². The van der Waals surface area contributed by atoms with E-state index in [1.807, 2.05) is 25.7 Å². The standard InChI is InChI=1S/C21H30ClF2NO2/c1-14(23)13-25(20(15-5-6-15)27-21(2,3)4)10-9-18(26)12-16-11-17(22)7-8-19(16)24/h7-8,11,14,18,26H,5-6,9-10,12-13H2,1-4H3. The summed E-state index contributed by atoms with van der Waals surface area (Å²) in [5.74, 6) is 0.345. The number of aliphatic hydroxyl groups excluding tert-OH is 1. The van der Waals surface area contributed by atoms with Crippen molar-refractivity contribution in [3.05, 3.63) is 46.1 Å². The molecule has 1 aromatic rings. The number of rotatable bonds is 9. The summed E-state index contributed by atoms with van der Waals surface area (Å²) < 4.78 is 33.7. The van der Waals surface area contributed by atoms with Crippen LogP contribution in [0.5, 0.6) is 0 Å². The fourth-order valence-corrected chi connectivity index (χ4v) is 3.06. The van der Waals surface area contributed by atoms with Crippen LogP contribution in [0.4, 0.5) is 8.78 Å². The molecule has 3 nitrogen and oxygen atoms in total. The summed E-state index contributed by atoms with van der Waals surface area (Å²) in [6.07, 6.45) is 0.680. The van der Waals surface area contributed by atoms with Gasteiger partial charge in [0.25, 0.3) is 0 Å². The SMILES string of the molecule is CC(F)CN(CCC(O)Cc1cc(Cl)ccc1F)C(OC(C)(C)C)=C1CC1. The van der Waals surface area contributed by atoms with Crippen LogP contribution in [0.1, 0.15) is 52.5 Å². The van der Waals surface area contributed by atoms with E-state index in [4.69, 9.17) is 16.3 Å². The molecule has 0 spiro atoms. The van der Waals surface area contributed by atoms with Gasteiger partial charge in [0.05, 0.1) is 12.6 Å². The van der Waals surface area contributed by atoms with Crippen molar-refractivity contribution in [3.8, 4) is 0 Å². The average molecular weight is 402 g/mol. The van der Waals surface area contributed by atoms with Gasteiger partial charge in [-0.15, -0.1) is 0 Å². The quantitative estimate of drug-likeness (QED) is 0.573. The van der Waals surface area contributed by atoms with Crippen LogP contribution in [0.15, 0.2) is 29.7 Å². The minimum atomic E-state index is -1.02. The highest BCUT2D eigenvalue weighted by molar-refractivity contribution is 6.30. The van der Waals surface area contributed by atoms with Crippen molar-refractivity contribution in [2.45, 2.75) is 71.3 Å². The van der Waals surface area contributed by atoms with E-state index in [0.717, 1.165) is 18.7 Å². The average Bonchev–Trinajstić information content (AvgIpc) is 3.36. The molecule has 27 heavy (non-hydrogen) atoms. The summed E-state index contributed by atoms with van der Waals surface area (Å²) in [5.41, 5.74) is 1.18. The van der Waals surface area contributed by atoms with Gasteiger partial charge in [-0.05, 0) is 76.3 Å². The van der Waals surface area contributed by atoms with Crippen LogP contribution >= 0.6 is 11.6 Å². The van der Waals surface area contributed by atoms with Crippen molar-refractivity contribution < 1.29 is 18.6 Å². The van der Waals surface area contributed by atoms with E-state index in [2.05, 4.69) is 0 Å². The van der Waals surface area contributed by atoms with Crippen molar-refractivity contribution in [1.29, 1.82) is 0 Å². The van der Waals surface area contributed by atoms with Gasteiger partial charge in [-0.1, -0.05) is 11.6 Å². The molecule has 0 aliphatic heterocycles. The van der Waals surface area contributed by atoms with Gasteiger partial charge in [-0.2, -0.15) is 0 Å². The highest BCUT2D eigenvalue weighted by atomic mass is 35.5. The molecule has 2 rings (SSSR count). The van der Waals surface area contributed by atoms with Crippen molar-refractivity contribution in [2.75, 3.05) is 13.1 Å². The van der Waals surface area contributed by atoms with Crippen LogP contribution in [-0.4, -0.2) is 41.0 Å². The lowest BCUT2D eigenvalue weighted by Crippen LogP contribution is -2.36. The number of halogens is 3. The number of alkyl halides is 1. The predicted molar refractivity (Wildman–Crippen MR) is 105 cm³/mol. The molecule has 0 heterocycles. The minimum Gasteiger partial charge on any atom is -0.473 e. The van der Waals surface area contributed by atoms with Gasteiger partial charge in [-0.25, -0.2) is 8.78 Å². The number of hydrogen-bond acceptors (Lipinski definition) is 3. The smallest absolute Gasteiger partial charge is 0.189 e. The summed E-state index contributed by atoms with van der Waals surface area (Å²) in [4.78, 5) is 1.87. The molecule has 0 bridgehead atoms. The lowest BCUT2D eigenvalue weighted by Gasteiger charge is -2.33. The van der Waals surface area contributed by atoms with Crippen LogP contribution in [0.3, 0.4) is 0 Å². The summed E-state index contributed by atoms with van der Waals surface area (Å²) in [7, 11) is 0. The van der Waals surface area contributed by atoms with E-state index in [1.165, 1.54) is 30.7 Å². The summed E-state index contributed by atoms with van der Waals surface area (Å²) in [6.45, 7) is 8.04. The Bertz CT molecular complexity index is 665. The Morgan fingerprint density at radius 2 is 2.00 bits per heavy atom. The van der Waals surface area contributed by atoms with Gasteiger partial charge < -0.3 is 14.7 Å². The lowest BCUT2D eigenvalue weighted by molar-refractivity contribution is -0.00773. The van der Waals surface area contributed by atoms with Crippen molar-refractivity contribution in [1.82, 2.24) is 4.90 Å². The first-order valence-corrected chi connectivity index (χ1v) is 9.85. The van der Waals surface area contributed by atoms with Crippen molar-refractivity contribution >= 4 is 11.6 Å². The molecule has 0 aromatic heterocycles. The second kappa shape index (κ2) is 9.24. The molecule has 1 aromatic carbocycles. The zero-order valence-corrected chi connectivity index (χ0v) is 17.3. The zero-order valence-electron chi connectivity index (χ0n) is 16.6. The first-order chi connectivity index (χ1) is 12.5. The number of aliphatic hydroxyl groups is 1. The Hall–Kier alpha value is -1.33. The van der Waals surface area contributed by atoms with E-state index >= 15 is 0 Å². The molecule has 1 fully saturated rings. The maximum Gasteiger partial charge on any atom is 0.189 e. The monoisotopic (exact) mass is 401 g/mol. The molecule has 1 saturated carbocycles. The van der Waals surface area contributed by atoms with Gasteiger partial charge in [0, 0.05) is 18.0 Å². The van der Waals surface area contributed by atoms with Crippen LogP contribution in [0.2, 0.25) is 5.02 Å². The first-order valence-electron chi connectivity index (χ1n) is 9.47. The maximum absolute atomic E-state index is 13.9. The molecular formula is C21H30ClF2NO2. The summed E-state index contributed by atoms with van der Waals surface area (Å²) >= 11 is 5.91. The minimum absolute atomic E-state index is 0.164. The highest BCUT2D eigenvalue weighted by Gasteiger charge is 2.29. The maximum atomic E-state index is 13.9. The Balaban J connectivity index is 2.03. The third kappa shape index (κ3) is 7.67. The third-order valence-electron chi connectivity index (χ3n) is 4.16. The highest BCUT2D eigenvalue weighted by Crippen LogP contribution is 2.36. The second-order valence-corrected chi connectivity index (χ2v) is 8.67. The van der Waals surface area contributed by atoms with Gasteiger partial charge >= 0.3 is 0 Å². The molecule has 6 heteroatoms. The topological polar surface area (TPSA) is 32.7 Å². The Morgan fingerprint density at radius 1 is 1.33 bits per heavy atom.